The molecule has 0 aromatic carbocycles. The zero-order chi connectivity index (χ0) is 13.3. The first kappa shape index (κ1) is 16.5. The normalized spacial score (nSPS) is 16.6. The number of nitrogens with one attached hydrogen (secondary N) is 1. The molecule has 1 nitrogen and oxygen atoms in total. The molecule has 0 fully saturated rings. The molecular formula is C15H30FN. The van der Waals surface area contributed by atoms with Crippen LogP contribution in [-0.2, 0) is 0 Å². The maximum atomic E-state index is 13.3. The van der Waals surface area contributed by atoms with E-state index in [1.54, 1.807) is 6.20 Å². The van der Waals surface area contributed by atoms with Gasteiger partial charge < -0.3 is 5.32 Å². The molecule has 0 aliphatic rings. The van der Waals surface area contributed by atoms with Crippen LogP contribution in [0.15, 0.2) is 12.8 Å². The van der Waals surface area contributed by atoms with Crippen molar-refractivity contribution in [2.75, 3.05) is 6.54 Å². The van der Waals surface area contributed by atoms with Gasteiger partial charge >= 0.3 is 0 Å². The smallest absolute Gasteiger partial charge is 0.0999 e. The van der Waals surface area contributed by atoms with Gasteiger partial charge in [-0.25, -0.2) is 4.39 Å². The van der Waals surface area contributed by atoms with Crippen LogP contribution in [0, 0.1) is 17.8 Å². The van der Waals surface area contributed by atoms with E-state index in [1.165, 1.54) is 6.42 Å². The second-order valence-electron chi connectivity index (χ2n) is 5.52. The van der Waals surface area contributed by atoms with E-state index in [-0.39, 0.29) is 0 Å². The Kier molecular flexibility index (Phi) is 9.20. The Morgan fingerprint density at radius 1 is 1.24 bits per heavy atom. The van der Waals surface area contributed by atoms with E-state index >= 15 is 0 Å². The topological polar surface area (TPSA) is 12.0 Å². The van der Waals surface area contributed by atoms with Crippen LogP contribution in [0.25, 0.3) is 0 Å². The Morgan fingerprint density at radius 3 is 2.35 bits per heavy atom. The van der Waals surface area contributed by atoms with Gasteiger partial charge in [-0.15, -0.1) is 0 Å². The van der Waals surface area contributed by atoms with Gasteiger partial charge in [0.15, 0.2) is 0 Å². The molecule has 0 bridgehead atoms. The minimum Gasteiger partial charge on any atom is -0.391 e. The van der Waals surface area contributed by atoms with Crippen molar-refractivity contribution < 1.29 is 4.39 Å². The summed E-state index contributed by atoms with van der Waals surface area (Å²) in [6, 6.07) is 0. The zero-order valence-electron chi connectivity index (χ0n) is 12.0. The molecule has 3 atom stereocenters. The number of hydrogen-bond donors (Lipinski definition) is 1. The van der Waals surface area contributed by atoms with Gasteiger partial charge in [-0.05, 0) is 49.6 Å². The van der Waals surface area contributed by atoms with Crippen molar-refractivity contribution in [2.24, 2.45) is 17.8 Å². The molecule has 17 heavy (non-hydrogen) atoms. The SMILES string of the molecule is C=CNCC(CCC(F)CC)CC(C)C(C)C. The highest BCUT2D eigenvalue weighted by Gasteiger charge is 2.16. The summed E-state index contributed by atoms with van der Waals surface area (Å²) in [6.07, 6.45) is 4.60. The van der Waals surface area contributed by atoms with Gasteiger partial charge in [-0.1, -0.05) is 34.3 Å². The van der Waals surface area contributed by atoms with Crippen molar-refractivity contribution in [3.63, 3.8) is 0 Å². The van der Waals surface area contributed by atoms with Crippen LogP contribution < -0.4 is 5.32 Å². The Balaban J connectivity index is 4.07. The van der Waals surface area contributed by atoms with Gasteiger partial charge in [0, 0.05) is 6.54 Å². The molecule has 1 N–H and O–H groups in total. The molecule has 0 saturated carbocycles. The lowest BCUT2D eigenvalue weighted by Crippen LogP contribution is -2.22. The van der Waals surface area contributed by atoms with Crippen molar-refractivity contribution in [2.45, 2.75) is 59.5 Å². The molecule has 0 aromatic heterocycles. The van der Waals surface area contributed by atoms with E-state index in [0.717, 1.165) is 13.0 Å². The number of rotatable bonds is 10. The fraction of sp³-hybridized carbons (Fsp3) is 0.867. The molecule has 0 rings (SSSR count). The summed E-state index contributed by atoms with van der Waals surface area (Å²) in [7, 11) is 0. The lowest BCUT2D eigenvalue weighted by Gasteiger charge is -2.24. The zero-order valence-corrected chi connectivity index (χ0v) is 12.0. The van der Waals surface area contributed by atoms with Gasteiger partial charge in [0.25, 0.3) is 0 Å². The van der Waals surface area contributed by atoms with Crippen LogP contribution in [0.1, 0.15) is 53.4 Å². The molecular weight excluding hydrogens is 213 g/mol. The Bertz CT molecular complexity index is 191. The lowest BCUT2D eigenvalue weighted by atomic mass is 9.85. The lowest BCUT2D eigenvalue weighted by molar-refractivity contribution is 0.250. The first-order valence-corrected chi connectivity index (χ1v) is 6.99. The highest BCUT2D eigenvalue weighted by atomic mass is 19.1. The third-order valence-electron chi connectivity index (χ3n) is 3.73. The first-order chi connectivity index (χ1) is 8.01. The van der Waals surface area contributed by atoms with E-state index in [4.69, 9.17) is 0 Å². The fourth-order valence-electron chi connectivity index (χ4n) is 1.97. The first-order valence-electron chi connectivity index (χ1n) is 6.99. The van der Waals surface area contributed by atoms with Crippen LogP contribution in [0.4, 0.5) is 4.39 Å². The molecule has 0 radical (unpaired) electrons. The van der Waals surface area contributed by atoms with Gasteiger partial charge in [0.1, 0.15) is 0 Å². The van der Waals surface area contributed by atoms with Crippen molar-refractivity contribution in [1.82, 2.24) is 5.32 Å². The fourth-order valence-corrected chi connectivity index (χ4v) is 1.97. The van der Waals surface area contributed by atoms with Gasteiger partial charge in [-0.3, -0.25) is 0 Å². The second kappa shape index (κ2) is 9.49. The molecule has 0 aliphatic carbocycles. The Morgan fingerprint density at radius 2 is 1.88 bits per heavy atom. The van der Waals surface area contributed by atoms with Crippen LogP contribution in [0.2, 0.25) is 0 Å². The van der Waals surface area contributed by atoms with Crippen LogP contribution >= 0.6 is 0 Å². The summed E-state index contributed by atoms with van der Waals surface area (Å²) in [5.41, 5.74) is 0. The highest BCUT2D eigenvalue weighted by molar-refractivity contribution is 4.73. The van der Waals surface area contributed by atoms with Crippen LogP contribution in [-0.4, -0.2) is 12.7 Å². The second-order valence-corrected chi connectivity index (χ2v) is 5.52. The van der Waals surface area contributed by atoms with Crippen molar-refractivity contribution in [3.8, 4) is 0 Å². The predicted octanol–water partition coefficient (Wildman–Crippen LogP) is 4.55. The van der Waals surface area contributed by atoms with Crippen molar-refractivity contribution in [3.05, 3.63) is 12.8 Å². The molecule has 0 amide bonds. The monoisotopic (exact) mass is 243 g/mol. The molecule has 0 spiro atoms. The molecule has 3 unspecified atom stereocenters. The highest BCUT2D eigenvalue weighted by Crippen LogP contribution is 2.24. The van der Waals surface area contributed by atoms with Crippen molar-refractivity contribution >= 4 is 0 Å². The van der Waals surface area contributed by atoms with Crippen LogP contribution in [0.5, 0.6) is 0 Å². The molecule has 0 saturated heterocycles. The average molecular weight is 243 g/mol. The molecule has 0 aliphatic heterocycles. The summed E-state index contributed by atoms with van der Waals surface area (Å²) in [5.74, 6) is 1.97. The summed E-state index contributed by atoms with van der Waals surface area (Å²) < 4.78 is 13.3. The standard InChI is InChI=1S/C15H30FN/c1-6-15(16)9-8-14(11-17-7-2)10-13(5)12(3)4/h7,12-15,17H,2,6,8-11H2,1,3-5H3. The Labute approximate surface area is 107 Å². The van der Waals surface area contributed by atoms with Crippen molar-refractivity contribution in [1.29, 1.82) is 0 Å². The molecule has 102 valence electrons. The summed E-state index contributed by atoms with van der Waals surface area (Å²) >= 11 is 0. The average Bonchev–Trinajstić information content (AvgIpc) is 2.31. The largest absolute Gasteiger partial charge is 0.391 e. The van der Waals surface area contributed by atoms with Gasteiger partial charge in [0.05, 0.1) is 6.17 Å². The third-order valence-corrected chi connectivity index (χ3v) is 3.73. The van der Waals surface area contributed by atoms with Gasteiger partial charge in [-0.2, -0.15) is 0 Å². The minimum atomic E-state index is -0.629. The number of hydrogen-bond acceptors (Lipinski definition) is 1. The molecule has 0 aromatic rings. The summed E-state index contributed by atoms with van der Waals surface area (Å²) in [4.78, 5) is 0. The summed E-state index contributed by atoms with van der Waals surface area (Å²) in [6.45, 7) is 13.3. The van der Waals surface area contributed by atoms with E-state index in [2.05, 4.69) is 32.7 Å². The maximum absolute atomic E-state index is 13.3. The Hall–Kier alpha value is -0.530. The quantitative estimate of drug-likeness (QED) is 0.593. The minimum absolute atomic E-state index is 0.565. The predicted molar refractivity (Wildman–Crippen MR) is 74.7 cm³/mol. The summed E-state index contributed by atoms with van der Waals surface area (Å²) in [5, 5.41) is 3.18. The van der Waals surface area contributed by atoms with Crippen LogP contribution in [0.3, 0.4) is 0 Å². The third kappa shape index (κ3) is 8.23. The van der Waals surface area contributed by atoms with E-state index < -0.39 is 6.17 Å². The van der Waals surface area contributed by atoms with E-state index in [9.17, 15) is 4.39 Å². The number of halogens is 1. The number of alkyl halides is 1. The molecule has 0 heterocycles. The molecule has 2 heteroatoms. The maximum Gasteiger partial charge on any atom is 0.0999 e. The van der Waals surface area contributed by atoms with E-state index in [0.29, 0.717) is 30.6 Å². The van der Waals surface area contributed by atoms with Gasteiger partial charge in [0.2, 0.25) is 0 Å². The van der Waals surface area contributed by atoms with E-state index in [1.807, 2.05) is 6.92 Å².